The van der Waals surface area contributed by atoms with Crippen molar-refractivity contribution in [2.75, 3.05) is 56.6 Å². The summed E-state index contributed by atoms with van der Waals surface area (Å²) >= 11 is 0. The first-order valence-corrected chi connectivity index (χ1v) is 13.7. The summed E-state index contributed by atoms with van der Waals surface area (Å²) in [5, 5.41) is 3.63. The van der Waals surface area contributed by atoms with E-state index in [1.54, 1.807) is 7.11 Å². The average molecular weight is 493 g/mol. The van der Waals surface area contributed by atoms with Gasteiger partial charge in [0.25, 0.3) is 5.91 Å². The topological polar surface area (TPSA) is 73.8 Å². The number of nitrogens with one attached hydrogen (secondary N) is 1. The maximum absolute atomic E-state index is 13.2. The van der Waals surface area contributed by atoms with Crippen molar-refractivity contribution in [2.45, 2.75) is 63.5 Å². The minimum atomic E-state index is 0.118. The van der Waals surface area contributed by atoms with Crippen LogP contribution in [0.3, 0.4) is 0 Å². The molecule has 2 aromatic rings. The summed E-state index contributed by atoms with van der Waals surface area (Å²) in [4.78, 5) is 29.6. The number of amides is 1. The number of carbonyl (C=O) groups excluding carboxylic acids is 1. The average Bonchev–Trinajstić information content (AvgIpc) is 3.23. The van der Waals surface area contributed by atoms with E-state index in [4.69, 9.17) is 9.72 Å². The molecular weight excluding hydrogens is 452 g/mol. The van der Waals surface area contributed by atoms with Gasteiger partial charge in [-0.05, 0) is 75.4 Å². The number of nitrogens with zero attached hydrogens (tertiary/aromatic N) is 5. The van der Waals surface area contributed by atoms with Gasteiger partial charge >= 0.3 is 0 Å². The van der Waals surface area contributed by atoms with Gasteiger partial charge in [-0.1, -0.05) is 12.8 Å². The number of hydrogen-bond donors (Lipinski definition) is 1. The van der Waals surface area contributed by atoms with Crippen molar-refractivity contribution < 1.29 is 9.53 Å². The molecule has 3 fully saturated rings. The second-order valence-corrected chi connectivity index (χ2v) is 10.4. The van der Waals surface area contributed by atoms with Crippen LogP contribution in [0.4, 0.5) is 11.8 Å². The van der Waals surface area contributed by atoms with Gasteiger partial charge in [-0.15, -0.1) is 0 Å². The Labute approximate surface area is 215 Å². The third kappa shape index (κ3) is 6.09. The van der Waals surface area contributed by atoms with E-state index in [9.17, 15) is 4.79 Å². The SMILES string of the molecule is COc1ccc(C(=O)N2CCCC(N3CCCC(Nc4nccc(N5CCCCCC5)n4)C3)C2)cc1. The van der Waals surface area contributed by atoms with Crippen LogP contribution in [-0.4, -0.2) is 84.1 Å². The Hall–Kier alpha value is -2.87. The molecule has 0 bridgehead atoms. The summed E-state index contributed by atoms with van der Waals surface area (Å²) in [7, 11) is 1.64. The fourth-order valence-electron chi connectivity index (χ4n) is 5.89. The van der Waals surface area contributed by atoms with E-state index in [1.807, 2.05) is 41.4 Å². The van der Waals surface area contributed by atoms with E-state index in [0.717, 1.165) is 88.0 Å². The summed E-state index contributed by atoms with van der Waals surface area (Å²) in [6.45, 7) is 5.84. The predicted octanol–water partition coefficient (Wildman–Crippen LogP) is 4.05. The smallest absolute Gasteiger partial charge is 0.253 e. The monoisotopic (exact) mass is 492 g/mol. The standard InChI is InChI=1S/C28H40N6O2/c1-36-25-12-10-22(11-13-25)27(35)34-19-7-9-24(21-34)33-18-6-8-23(20-33)30-28-29-15-14-26(31-28)32-16-4-2-3-5-17-32/h10-15,23-24H,2-9,16-21H2,1H3,(H,29,30,31). The highest BCUT2D eigenvalue weighted by molar-refractivity contribution is 5.94. The number of aromatic nitrogens is 2. The molecule has 0 aliphatic carbocycles. The van der Waals surface area contributed by atoms with E-state index >= 15 is 0 Å². The van der Waals surface area contributed by atoms with Crippen LogP contribution in [0, 0.1) is 0 Å². The van der Waals surface area contributed by atoms with Crippen molar-refractivity contribution in [1.29, 1.82) is 0 Å². The largest absolute Gasteiger partial charge is 0.497 e. The van der Waals surface area contributed by atoms with Gasteiger partial charge < -0.3 is 19.9 Å². The molecule has 36 heavy (non-hydrogen) atoms. The molecule has 1 aromatic carbocycles. The van der Waals surface area contributed by atoms with Crippen molar-refractivity contribution in [3.05, 3.63) is 42.1 Å². The molecule has 2 atom stereocenters. The second-order valence-electron chi connectivity index (χ2n) is 10.4. The molecule has 0 radical (unpaired) electrons. The molecule has 2 unspecified atom stereocenters. The quantitative estimate of drug-likeness (QED) is 0.652. The van der Waals surface area contributed by atoms with Crippen LogP contribution in [0.1, 0.15) is 61.7 Å². The molecule has 8 heteroatoms. The van der Waals surface area contributed by atoms with Crippen LogP contribution >= 0.6 is 0 Å². The van der Waals surface area contributed by atoms with Gasteiger partial charge in [0.1, 0.15) is 11.6 Å². The molecule has 4 heterocycles. The molecule has 3 saturated heterocycles. The Morgan fingerprint density at radius 3 is 2.47 bits per heavy atom. The summed E-state index contributed by atoms with van der Waals surface area (Å²) in [6, 6.07) is 10.2. The van der Waals surface area contributed by atoms with Crippen LogP contribution in [0.2, 0.25) is 0 Å². The summed E-state index contributed by atoms with van der Waals surface area (Å²) in [5.41, 5.74) is 0.732. The molecule has 1 amide bonds. The summed E-state index contributed by atoms with van der Waals surface area (Å²) in [6.07, 6.45) is 11.4. The van der Waals surface area contributed by atoms with Crippen molar-refractivity contribution in [3.8, 4) is 5.75 Å². The van der Waals surface area contributed by atoms with E-state index in [-0.39, 0.29) is 5.91 Å². The molecule has 0 spiro atoms. The predicted molar refractivity (Wildman–Crippen MR) is 143 cm³/mol. The Balaban J connectivity index is 1.18. The fourth-order valence-corrected chi connectivity index (χ4v) is 5.89. The lowest BCUT2D eigenvalue weighted by Crippen LogP contribution is -2.54. The van der Waals surface area contributed by atoms with Crippen LogP contribution in [0.25, 0.3) is 0 Å². The Bertz CT molecular complexity index is 992. The molecule has 5 rings (SSSR count). The van der Waals surface area contributed by atoms with Crippen molar-refractivity contribution in [3.63, 3.8) is 0 Å². The van der Waals surface area contributed by atoms with Crippen molar-refractivity contribution >= 4 is 17.7 Å². The molecule has 1 N–H and O–H groups in total. The first-order chi connectivity index (χ1) is 17.7. The second kappa shape index (κ2) is 11.9. The van der Waals surface area contributed by atoms with E-state index < -0.39 is 0 Å². The minimum Gasteiger partial charge on any atom is -0.497 e. The third-order valence-corrected chi connectivity index (χ3v) is 7.89. The lowest BCUT2D eigenvalue weighted by molar-refractivity contribution is 0.0526. The van der Waals surface area contributed by atoms with Crippen molar-refractivity contribution in [1.82, 2.24) is 19.8 Å². The number of anilines is 2. The van der Waals surface area contributed by atoms with E-state index in [0.29, 0.717) is 12.1 Å². The zero-order chi connectivity index (χ0) is 24.7. The van der Waals surface area contributed by atoms with E-state index in [1.165, 1.54) is 25.7 Å². The molecule has 1 aromatic heterocycles. The highest BCUT2D eigenvalue weighted by atomic mass is 16.5. The van der Waals surface area contributed by atoms with Gasteiger partial charge in [-0.25, -0.2) is 4.98 Å². The Morgan fingerprint density at radius 1 is 0.917 bits per heavy atom. The molecule has 8 nitrogen and oxygen atoms in total. The zero-order valence-electron chi connectivity index (χ0n) is 21.6. The lowest BCUT2D eigenvalue weighted by atomic mass is 9.98. The van der Waals surface area contributed by atoms with Crippen LogP contribution in [0.5, 0.6) is 5.75 Å². The number of methoxy groups -OCH3 is 1. The lowest BCUT2D eigenvalue weighted by Gasteiger charge is -2.43. The van der Waals surface area contributed by atoms with Crippen LogP contribution in [0.15, 0.2) is 36.5 Å². The minimum absolute atomic E-state index is 0.118. The number of piperidine rings is 2. The van der Waals surface area contributed by atoms with Gasteiger partial charge in [-0.3, -0.25) is 9.69 Å². The molecule has 0 saturated carbocycles. The van der Waals surface area contributed by atoms with E-state index in [2.05, 4.69) is 20.1 Å². The van der Waals surface area contributed by atoms with Crippen LogP contribution < -0.4 is 15.0 Å². The number of hydrogen-bond acceptors (Lipinski definition) is 7. The number of rotatable bonds is 6. The van der Waals surface area contributed by atoms with Crippen molar-refractivity contribution in [2.24, 2.45) is 0 Å². The zero-order valence-corrected chi connectivity index (χ0v) is 21.6. The van der Waals surface area contributed by atoms with Gasteiger partial charge in [0.2, 0.25) is 5.95 Å². The summed E-state index contributed by atoms with van der Waals surface area (Å²) in [5.74, 6) is 2.68. The third-order valence-electron chi connectivity index (χ3n) is 7.89. The number of likely N-dealkylation sites (tertiary alicyclic amines) is 2. The molecule has 3 aliphatic rings. The first-order valence-electron chi connectivity index (χ1n) is 13.7. The normalized spacial score (nSPS) is 23.7. The number of ether oxygens (including phenoxy) is 1. The molecular formula is C28H40N6O2. The van der Waals surface area contributed by atoms with Gasteiger partial charge in [0, 0.05) is 56.6 Å². The highest BCUT2D eigenvalue weighted by Crippen LogP contribution is 2.24. The first kappa shape index (κ1) is 24.8. The number of benzene rings is 1. The van der Waals surface area contributed by atoms with Crippen LogP contribution in [-0.2, 0) is 0 Å². The summed E-state index contributed by atoms with van der Waals surface area (Å²) < 4.78 is 5.24. The van der Waals surface area contributed by atoms with Gasteiger partial charge in [0.15, 0.2) is 0 Å². The fraction of sp³-hybridized carbons (Fsp3) is 0.607. The number of carbonyl (C=O) groups is 1. The molecule has 3 aliphatic heterocycles. The Morgan fingerprint density at radius 2 is 1.69 bits per heavy atom. The van der Waals surface area contributed by atoms with Gasteiger partial charge in [-0.2, -0.15) is 4.98 Å². The highest BCUT2D eigenvalue weighted by Gasteiger charge is 2.31. The Kier molecular flexibility index (Phi) is 8.21. The maximum atomic E-state index is 13.2. The molecule has 194 valence electrons. The maximum Gasteiger partial charge on any atom is 0.253 e. The van der Waals surface area contributed by atoms with Gasteiger partial charge in [0.05, 0.1) is 7.11 Å².